The molecule has 3 amide bonds. The Bertz CT molecular complexity index is 858. The lowest BCUT2D eigenvalue weighted by atomic mass is 10.1. The van der Waals surface area contributed by atoms with E-state index in [4.69, 9.17) is 4.42 Å². The van der Waals surface area contributed by atoms with E-state index in [0.29, 0.717) is 24.2 Å². The molecule has 140 valence electrons. The van der Waals surface area contributed by atoms with Gasteiger partial charge in [-0.3, -0.25) is 14.4 Å². The van der Waals surface area contributed by atoms with Gasteiger partial charge in [0.05, 0.1) is 6.26 Å². The molecule has 2 N–H and O–H groups in total. The fourth-order valence-corrected chi connectivity index (χ4v) is 3.28. The van der Waals surface area contributed by atoms with Crippen LogP contribution in [0, 0.1) is 0 Å². The van der Waals surface area contributed by atoms with Crippen LogP contribution in [0.5, 0.6) is 0 Å². The number of amides is 3. The molecule has 27 heavy (non-hydrogen) atoms. The van der Waals surface area contributed by atoms with Gasteiger partial charge in [0, 0.05) is 23.8 Å². The molecule has 0 unspecified atom stereocenters. The van der Waals surface area contributed by atoms with Crippen LogP contribution in [0.1, 0.15) is 46.6 Å². The van der Waals surface area contributed by atoms with E-state index >= 15 is 0 Å². The summed E-state index contributed by atoms with van der Waals surface area (Å²) in [6, 6.07) is 9.81. The first-order chi connectivity index (χ1) is 13.1. The van der Waals surface area contributed by atoms with Gasteiger partial charge < -0.3 is 20.0 Å². The standard InChI is InChI=1S/C20H21N3O4/c24-18(21-14-8-9-14)13-4-1-5-15(12-13)22-19(25)16-6-2-10-23(16)20(26)17-7-3-11-27-17/h1,3-5,7,11-12,14,16H,2,6,8-10H2,(H,21,24)(H,22,25)/t16-/m1/s1. The third-order valence-electron chi connectivity index (χ3n) is 4.85. The normalized spacial score (nSPS) is 19.0. The van der Waals surface area contributed by atoms with Crippen molar-refractivity contribution >= 4 is 23.4 Å². The number of benzene rings is 1. The molecule has 1 aromatic heterocycles. The maximum absolute atomic E-state index is 12.7. The van der Waals surface area contributed by atoms with E-state index in [-0.39, 0.29) is 29.5 Å². The maximum atomic E-state index is 12.7. The molecule has 1 aromatic carbocycles. The van der Waals surface area contributed by atoms with E-state index in [2.05, 4.69) is 10.6 Å². The predicted molar refractivity (Wildman–Crippen MR) is 98.3 cm³/mol. The number of furan rings is 1. The lowest BCUT2D eigenvalue weighted by Crippen LogP contribution is -2.43. The molecule has 2 aromatic rings. The molecule has 7 nitrogen and oxygen atoms in total. The lowest BCUT2D eigenvalue weighted by Gasteiger charge is -2.23. The summed E-state index contributed by atoms with van der Waals surface area (Å²) in [4.78, 5) is 39.0. The van der Waals surface area contributed by atoms with E-state index in [9.17, 15) is 14.4 Å². The van der Waals surface area contributed by atoms with Crippen LogP contribution in [-0.2, 0) is 4.79 Å². The smallest absolute Gasteiger partial charge is 0.290 e. The van der Waals surface area contributed by atoms with Crippen LogP contribution in [0.2, 0.25) is 0 Å². The summed E-state index contributed by atoms with van der Waals surface area (Å²) in [5.74, 6) is -0.445. The summed E-state index contributed by atoms with van der Waals surface area (Å²) in [6.45, 7) is 0.515. The molecule has 4 rings (SSSR count). The molecule has 0 bridgehead atoms. The lowest BCUT2D eigenvalue weighted by molar-refractivity contribution is -0.119. The van der Waals surface area contributed by atoms with Crippen molar-refractivity contribution in [2.75, 3.05) is 11.9 Å². The number of carbonyl (C=O) groups is 3. The Balaban J connectivity index is 1.43. The van der Waals surface area contributed by atoms with E-state index in [1.807, 2.05) is 0 Å². The second-order valence-corrected chi connectivity index (χ2v) is 6.95. The summed E-state index contributed by atoms with van der Waals surface area (Å²) in [6.07, 6.45) is 4.83. The molecule has 1 saturated carbocycles. The van der Waals surface area contributed by atoms with Gasteiger partial charge in [-0.2, -0.15) is 0 Å². The molecular weight excluding hydrogens is 346 g/mol. The third-order valence-corrected chi connectivity index (χ3v) is 4.85. The summed E-state index contributed by atoms with van der Waals surface area (Å²) < 4.78 is 5.17. The molecule has 1 saturated heterocycles. The zero-order valence-corrected chi connectivity index (χ0v) is 14.8. The van der Waals surface area contributed by atoms with Gasteiger partial charge in [-0.15, -0.1) is 0 Å². The summed E-state index contributed by atoms with van der Waals surface area (Å²) in [7, 11) is 0. The van der Waals surface area contributed by atoms with Crippen LogP contribution >= 0.6 is 0 Å². The number of carbonyl (C=O) groups excluding carboxylic acids is 3. The van der Waals surface area contributed by atoms with Crippen LogP contribution in [-0.4, -0.2) is 41.2 Å². The van der Waals surface area contributed by atoms with Crippen molar-refractivity contribution in [3.63, 3.8) is 0 Å². The molecule has 2 heterocycles. The Kier molecular flexibility index (Phi) is 4.66. The van der Waals surface area contributed by atoms with E-state index in [0.717, 1.165) is 19.3 Å². The fourth-order valence-electron chi connectivity index (χ4n) is 3.28. The first-order valence-electron chi connectivity index (χ1n) is 9.18. The number of rotatable bonds is 5. The molecule has 1 atom stereocenters. The monoisotopic (exact) mass is 367 g/mol. The zero-order chi connectivity index (χ0) is 18.8. The van der Waals surface area contributed by atoms with Gasteiger partial charge in [-0.1, -0.05) is 6.07 Å². The molecule has 1 aliphatic carbocycles. The topological polar surface area (TPSA) is 91.7 Å². The van der Waals surface area contributed by atoms with Crippen molar-refractivity contribution < 1.29 is 18.8 Å². The molecular formula is C20H21N3O4. The average molecular weight is 367 g/mol. The van der Waals surface area contributed by atoms with Gasteiger partial charge in [0.15, 0.2) is 5.76 Å². The van der Waals surface area contributed by atoms with Crippen molar-refractivity contribution in [1.29, 1.82) is 0 Å². The molecule has 2 aliphatic rings. The van der Waals surface area contributed by atoms with E-state index in [1.165, 1.54) is 11.2 Å². The van der Waals surface area contributed by atoms with E-state index < -0.39 is 6.04 Å². The van der Waals surface area contributed by atoms with E-state index in [1.54, 1.807) is 36.4 Å². The van der Waals surface area contributed by atoms with Crippen molar-refractivity contribution in [2.24, 2.45) is 0 Å². The fraction of sp³-hybridized carbons (Fsp3) is 0.350. The maximum Gasteiger partial charge on any atom is 0.290 e. The number of nitrogens with one attached hydrogen (secondary N) is 2. The van der Waals surface area contributed by atoms with Crippen LogP contribution in [0.4, 0.5) is 5.69 Å². The van der Waals surface area contributed by atoms with Crippen LogP contribution in [0.25, 0.3) is 0 Å². The minimum absolute atomic E-state index is 0.135. The summed E-state index contributed by atoms with van der Waals surface area (Å²) in [5, 5.41) is 5.76. The summed E-state index contributed by atoms with van der Waals surface area (Å²) in [5.41, 5.74) is 1.05. The van der Waals surface area contributed by atoms with Gasteiger partial charge in [-0.05, 0) is 56.0 Å². The first-order valence-corrected chi connectivity index (χ1v) is 9.18. The van der Waals surface area contributed by atoms with Gasteiger partial charge in [-0.25, -0.2) is 0 Å². The minimum Gasteiger partial charge on any atom is -0.459 e. The molecule has 0 spiro atoms. The van der Waals surface area contributed by atoms with Gasteiger partial charge in [0.1, 0.15) is 6.04 Å². The highest BCUT2D eigenvalue weighted by atomic mass is 16.3. The quantitative estimate of drug-likeness (QED) is 0.849. The Labute approximate surface area is 156 Å². The van der Waals surface area contributed by atoms with Crippen molar-refractivity contribution in [3.8, 4) is 0 Å². The second kappa shape index (κ2) is 7.26. The highest BCUT2D eigenvalue weighted by molar-refractivity contribution is 6.01. The molecule has 7 heteroatoms. The summed E-state index contributed by atoms with van der Waals surface area (Å²) >= 11 is 0. The van der Waals surface area contributed by atoms with Crippen molar-refractivity contribution in [3.05, 3.63) is 54.0 Å². The Morgan fingerprint density at radius 1 is 1.07 bits per heavy atom. The first kappa shape index (κ1) is 17.3. The van der Waals surface area contributed by atoms with Gasteiger partial charge in [0.2, 0.25) is 5.91 Å². The highest BCUT2D eigenvalue weighted by Crippen LogP contribution is 2.23. The second-order valence-electron chi connectivity index (χ2n) is 6.95. The minimum atomic E-state index is -0.549. The SMILES string of the molecule is O=C(NC1CC1)c1cccc(NC(=O)[C@H]2CCCN2C(=O)c2ccco2)c1. The number of anilines is 1. The number of hydrogen-bond donors (Lipinski definition) is 2. The van der Waals surface area contributed by atoms with Crippen molar-refractivity contribution in [1.82, 2.24) is 10.2 Å². The molecule has 0 radical (unpaired) electrons. The van der Waals surface area contributed by atoms with Crippen LogP contribution in [0.15, 0.2) is 47.1 Å². The average Bonchev–Trinajstić information content (AvgIpc) is 3.16. The molecule has 2 fully saturated rings. The largest absolute Gasteiger partial charge is 0.459 e. The Hall–Kier alpha value is -3.09. The highest BCUT2D eigenvalue weighted by Gasteiger charge is 2.35. The number of nitrogens with zero attached hydrogens (tertiary/aromatic N) is 1. The van der Waals surface area contributed by atoms with Crippen molar-refractivity contribution in [2.45, 2.75) is 37.8 Å². The third kappa shape index (κ3) is 3.86. The number of hydrogen-bond acceptors (Lipinski definition) is 4. The number of likely N-dealkylation sites (tertiary alicyclic amines) is 1. The van der Waals surface area contributed by atoms with Crippen LogP contribution in [0.3, 0.4) is 0 Å². The van der Waals surface area contributed by atoms with Crippen LogP contribution < -0.4 is 10.6 Å². The van der Waals surface area contributed by atoms with Gasteiger partial charge >= 0.3 is 0 Å². The van der Waals surface area contributed by atoms with Gasteiger partial charge in [0.25, 0.3) is 11.8 Å². The Morgan fingerprint density at radius 2 is 1.93 bits per heavy atom. The molecule has 1 aliphatic heterocycles. The zero-order valence-electron chi connectivity index (χ0n) is 14.8. The predicted octanol–water partition coefficient (Wildman–Crippen LogP) is 2.42. The Morgan fingerprint density at radius 3 is 2.67 bits per heavy atom.